The molecule has 1 rings (SSSR count). The second-order valence-corrected chi connectivity index (χ2v) is 6.17. The van der Waals surface area contributed by atoms with Crippen molar-refractivity contribution in [3.63, 3.8) is 0 Å². The lowest BCUT2D eigenvalue weighted by molar-refractivity contribution is 0.265. The number of aliphatic imine (C=N–C) groups is 1. The van der Waals surface area contributed by atoms with Crippen molar-refractivity contribution in [3.05, 3.63) is 0 Å². The van der Waals surface area contributed by atoms with Gasteiger partial charge in [0.2, 0.25) is 0 Å². The van der Waals surface area contributed by atoms with Gasteiger partial charge in [-0.05, 0) is 33.4 Å². The van der Waals surface area contributed by atoms with Crippen molar-refractivity contribution in [1.29, 1.82) is 0 Å². The quantitative estimate of drug-likeness (QED) is 0.560. The summed E-state index contributed by atoms with van der Waals surface area (Å²) in [6.45, 7) is 14.3. The van der Waals surface area contributed by atoms with E-state index in [1.54, 1.807) is 0 Å². The maximum absolute atomic E-state index is 4.34. The van der Waals surface area contributed by atoms with Crippen LogP contribution in [-0.4, -0.2) is 74.7 Å². The number of likely N-dealkylation sites (tertiary alicyclic amines) is 1. The Labute approximate surface area is 124 Å². The Morgan fingerprint density at radius 3 is 2.60 bits per heavy atom. The van der Waals surface area contributed by atoms with E-state index < -0.39 is 0 Å². The SMILES string of the molecule is CCN(C)CCNC(=NC)NC1CN(C(C)C)CC1C. The van der Waals surface area contributed by atoms with Crippen LogP contribution in [0.15, 0.2) is 4.99 Å². The van der Waals surface area contributed by atoms with Gasteiger partial charge < -0.3 is 15.5 Å². The molecule has 0 radical (unpaired) electrons. The summed E-state index contributed by atoms with van der Waals surface area (Å²) in [5.74, 6) is 1.59. The minimum atomic E-state index is 0.493. The Kier molecular flexibility index (Phi) is 7.30. The molecular formula is C15H33N5. The van der Waals surface area contributed by atoms with Gasteiger partial charge in [-0.3, -0.25) is 9.89 Å². The number of nitrogens with one attached hydrogen (secondary N) is 2. The summed E-state index contributed by atoms with van der Waals surface area (Å²) in [7, 11) is 3.98. The molecule has 0 saturated carbocycles. The molecule has 5 nitrogen and oxygen atoms in total. The van der Waals surface area contributed by atoms with Crippen LogP contribution in [0.5, 0.6) is 0 Å². The Morgan fingerprint density at radius 1 is 1.40 bits per heavy atom. The molecule has 2 unspecified atom stereocenters. The minimum Gasteiger partial charge on any atom is -0.355 e. The van der Waals surface area contributed by atoms with Gasteiger partial charge >= 0.3 is 0 Å². The van der Waals surface area contributed by atoms with Crippen molar-refractivity contribution in [2.24, 2.45) is 10.9 Å². The summed E-state index contributed by atoms with van der Waals surface area (Å²) in [6.07, 6.45) is 0. The van der Waals surface area contributed by atoms with Crippen LogP contribution in [-0.2, 0) is 0 Å². The third-order valence-electron chi connectivity index (χ3n) is 4.24. The molecule has 0 aliphatic carbocycles. The largest absolute Gasteiger partial charge is 0.355 e. The van der Waals surface area contributed by atoms with Crippen molar-refractivity contribution in [2.75, 3.05) is 46.8 Å². The maximum atomic E-state index is 4.34. The molecule has 0 aromatic heterocycles. The number of nitrogens with zero attached hydrogens (tertiary/aromatic N) is 3. The molecular weight excluding hydrogens is 250 g/mol. The highest BCUT2D eigenvalue weighted by Crippen LogP contribution is 2.18. The molecule has 2 atom stereocenters. The average Bonchev–Trinajstić information content (AvgIpc) is 2.78. The molecule has 0 spiro atoms. The summed E-state index contributed by atoms with van der Waals surface area (Å²) in [6, 6.07) is 1.12. The first-order valence-corrected chi connectivity index (χ1v) is 7.87. The Balaban J connectivity index is 2.37. The van der Waals surface area contributed by atoms with Gasteiger partial charge in [-0.25, -0.2) is 0 Å². The minimum absolute atomic E-state index is 0.493. The number of likely N-dealkylation sites (N-methyl/N-ethyl adjacent to an activating group) is 1. The summed E-state index contributed by atoms with van der Waals surface area (Å²) in [5, 5.41) is 6.98. The van der Waals surface area contributed by atoms with Gasteiger partial charge in [0.25, 0.3) is 0 Å². The van der Waals surface area contributed by atoms with E-state index in [2.05, 4.69) is 60.2 Å². The van der Waals surface area contributed by atoms with E-state index in [0.29, 0.717) is 18.0 Å². The number of hydrogen-bond acceptors (Lipinski definition) is 3. The van der Waals surface area contributed by atoms with E-state index in [0.717, 1.165) is 32.1 Å². The van der Waals surface area contributed by atoms with Gasteiger partial charge in [-0.1, -0.05) is 13.8 Å². The standard InChI is InChI=1S/C15H33N5/c1-7-19(6)9-8-17-15(16-5)18-14-11-20(12(2)3)10-13(14)4/h12-14H,7-11H2,1-6H3,(H2,16,17,18). The second-order valence-electron chi connectivity index (χ2n) is 6.17. The van der Waals surface area contributed by atoms with Gasteiger partial charge in [-0.2, -0.15) is 0 Å². The van der Waals surface area contributed by atoms with Gasteiger partial charge in [-0.15, -0.1) is 0 Å². The highest BCUT2D eigenvalue weighted by molar-refractivity contribution is 5.80. The molecule has 2 N–H and O–H groups in total. The van der Waals surface area contributed by atoms with Crippen LogP contribution in [0, 0.1) is 5.92 Å². The molecule has 0 bridgehead atoms. The van der Waals surface area contributed by atoms with Crippen LogP contribution < -0.4 is 10.6 Å². The second kappa shape index (κ2) is 8.47. The maximum Gasteiger partial charge on any atom is 0.191 e. The third-order valence-corrected chi connectivity index (χ3v) is 4.24. The smallest absolute Gasteiger partial charge is 0.191 e. The molecule has 1 aliphatic rings. The summed E-state index contributed by atoms with van der Waals surface area (Å²) in [4.78, 5) is 9.15. The molecule has 118 valence electrons. The Bertz CT molecular complexity index is 303. The van der Waals surface area contributed by atoms with Crippen molar-refractivity contribution < 1.29 is 0 Å². The lowest BCUT2D eigenvalue weighted by Crippen LogP contribution is -2.48. The van der Waals surface area contributed by atoms with E-state index in [-0.39, 0.29) is 0 Å². The normalized spacial score (nSPS) is 24.7. The highest BCUT2D eigenvalue weighted by Gasteiger charge is 2.31. The Morgan fingerprint density at radius 2 is 2.10 bits per heavy atom. The zero-order valence-electron chi connectivity index (χ0n) is 14.1. The number of rotatable bonds is 6. The zero-order valence-corrected chi connectivity index (χ0v) is 14.1. The van der Waals surface area contributed by atoms with E-state index in [4.69, 9.17) is 0 Å². The number of guanidine groups is 1. The molecule has 1 heterocycles. The van der Waals surface area contributed by atoms with Crippen LogP contribution in [0.3, 0.4) is 0 Å². The van der Waals surface area contributed by atoms with Crippen LogP contribution in [0.2, 0.25) is 0 Å². The van der Waals surface area contributed by atoms with Crippen molar-refractivity contribution in [2.45, 2.75) is 39.8 Å². The monoisotopic (exact) mass is 283 g/mol. The first-order valence-electron chi connectivity index (χ1n) is 7.87. The third kappa shape index (κ3) is 5.29. The molecule has 1 fully saturated rings. The van der Waals surface area contributed by atoms with Crippen molar-refractivity contribution >= 4 is 5.96 Å². The van der Waals surface area contributed by atoms with Gasteiger partial charge in [0.05, 0.1) is 0 Å². The average molecular weight is 283 g/mol. The molecule has 1 saturated heterocycles. The lowest BCUT2D eigenvalue weighted by atomic mass is 10.1. The highest BCUT2D eigenvalue weighted by atomic mass is 15.3. The number of hydrogen-bond donors (Lipinski definition) is 2. The molecule has 0 aromatic carbocycles. The zero-order chi connectivity index (χ0) is 15.1. The van der Waals surface area contributed by atoms with Gasteiger partial charge in [0.15, 0.2) is 5.96 Å². The molecule has 0 amide bonds. The fourth-order valence-corrected chi connectivity index (χ4v) is 2.51. The van der Waals surface area contributed by atoms with Crippen LogP contribution in [0.25, 0.3) is 0 Å². The summed E-state index contributed by atoms with van der Waals surface area (Å²) >= 11 is 0. The molecule has 1 aliphatic heterocycles. The fraction of sp³-hybridized carbons (Fsp3) is 0.933. The topological polar surface area (TPSA) is 42.9 Å². The van der Waals surface area contributed by atoms with E-state index in [9.17, 15) is 0 Å². The predicted octanol–water partition coefficient (Wildman–Crippen LogP) is 0.832. The van der Waals surface area contributed by atoms with E-state index in [1.807, 2.05) is 7.05 Å². The predicted molar refractivity (Wildman–Crippen MR) is 87.3 cm³/mol. The molecule has 0 aromatic rings. The first kappa shape index (κ1) is 17.2. The fourth-order valence-electron chi connectivity index (χ4n) is 2.51. The van der Waals surface area contributed by atoms with Crippen LogP contribution >= 0.6 is 0 Å². The summed E-state index contributed by atoms with van der Waals surface area (Å²) in [5.41, 5.74) is 0. The Hall–Kier alpha value is -0.810. The van der Waals surface area contributed by atoms with Crippen LogP contribution in [0.4, 0.5) is 0 Å². The van der Waals surface area contributed by atoms with Crippen LogP contribution in [0.1, 0.15) is 27.7 Å². The van der Waals surface area contributed by atoms with Gasteiger partial charge in [0, 0.05) is 45.3 Å². The first-order chi connectivity index (χ1) is 9.47. The summed E-state index contributed by atoms with van der Waals surface area (Å²) < 4.78 is 0. The lowest BCUT2D eigenvalue weighted by Gasteiger charge is -2.22. The molecule has 5 heteroatoms. The van der Waals surface area contributed by atoms with Gasteiger partial charge in [0.1, 0.15) is 0 Å². The van der Waals surface area contributed by atoms with Crippen molar-refractivity contribution in [1.82, 2.24) is 20.4 Å². The van der Waals surface area contributed by atoms with Crippen molar-refractivity contribution in [3.8, 4) is 0 Å². The van der Waals surface area contributed by atoms with E-state index in [1.165, 1.54) is 6.54 Å². The van der Waals surface area contributed by atoms with E-state index >= 15 is 0 Å². The molecule has 20 heavy (non-hydrogen) atoms.